The van der Waals surface area contributed by atoms with Crippen LogP contribution in [0.15, 0.2) is 35.2 Å². The Morgan fingerprint density at radius 1 is 1.06 bits per heavy atom. The molecule has 16 heavy (non-hydrogen) atoms. The fourth-order valence-electron chi connectivity index (χ4n) is 1.56. The van der Waals surface area contributed by atoms with Crippen LogP contribution in [0.4, 0.5) is 0 Å². The lowest BCUT2D eigenvalue weighted by atomic mass is 10.1. The molecule has 0 aliphatic heterocycles. The van der Waals surface area contributed by atoms with Gasteiger partial charge in [-0.1, -0.05) is 45.9 Å². The summed E-state index contributed by atoms with van der Waals surface area (Å²) in [6.45, 7) is 8.99. The van der Waals surface area contributed by atoms with E-state index < -0.39 is 0 Å². The van der Waals surface area contributed by atoms with Crippen molar-refractivity contribution < 1.29 is 0 Å². The zero-order valence-corrected chi connectivity index (χ0v) is 11.6. The summed E-state index contributed by atoms with van der Waals surface area (Å²) in [6.07, 6.45) is 0. The van der Waals surface area contributed by atoms with Crippen LogP contribution < -0.4 is 5.32 Å². The molecule has 1 atom stereocenters. The Bertz CT molecular complexity index is 282. The molecule has 0 aliphatic carbocycles. The molecule has 1 N–H and O–H groups in total. The second kappa shape index (κ2) is 6.97. The van der Waals surface area contributed by atoms with Gasteiger partial charge in [-0.25, -0.2) is 0 Å². The van der Waals surface area contributed by atoms with Gasteiger partial charge in [-0.3, -0.25) is 0 Å². The van der Waals surface area contributed by atoms with Gasteiger partial charge >= 0.3 is 0 Å². The minimum absolute atomic E-state index is 0.559. The first kappa shape index (κ1) is 13.6. The van der Waals surface area contributed by atoms with Crippen LogP contribution in [0.1, 0.15) is 27.7 Å². The van der Waals surface area contributed by atoms with Crippen LogP contribution in [0.25, 0.3) is 0 Å². The molecular weight excluding hydrogens is 214 g/mol. The van der Waals surface area contributed by atoms with Gasteiger partial charge in [-0.05, 0) is 18.1 Å². The first-order chi connectivity index (χ1) is 7.59. The van der Waals surface area contributed by atoms with E-state index in [1.807, 2.05) is 11.8 Å². The Kier molecular flexibility index (Phi) is 5.93. The van der Waals surface area contributed by atoms with E-state index >= 15 is 0 Å². The second-order valence-corrected chi connectivity index (χ2v) is 5.89. The van der Waals surface area contributed by atoms with Crippen molar-refractivity contribution in [1.29, 1.82) is 0 Å². The molecule has 0 radical (unpaired) electrons. The standard InChI is InChI=1S/C14H23NS/c1-11(2)14(15-12(3)4)10-16-13-8-6-5-7-9-13/h5-9,11-12,14-15H,10H2,1-4H3/t14-/m0/s1. The molecule has 0 amide bonds. The van der Waals surface area contributed by atoms with E-state index in [1.54, 1.807) is 0 Å². The maximum atomic E-state index is 3.63. The fourth-order valence-corrected chi connectivity index (χ4v) is 2.77. The third kappa shape index (κ3) is 5.04. The molecule has 0 bridgehead atoms. The number of thioether (sulfide) groups is 1. The molecule has 1 aromatic rings. The third-order valence-electron chi connectivity index (χ3n) is 2.52. The maximum absolute atomic E-state index is 3.63. The largest absolute Gasteiger partial charge is 0.311 e. The highest BCUT2D eigenvalue weighted by atomic mass is 32.2. The third-order valence-corrected chi connectivity index (χ3v) is 3.66. The summed E-state index contributed by atoms with van der Waals surface area (Å²) in [5.41, 5.74) is 0. The smallest absolute Gasteiger partial charge is 0.0187 e. The Balaban J connectivity index is 2.44. The van der Waals surface area contributed by atoms with Gasteiger partial charge in [-0.2, -0.15) is 0 Å². The van der Waals surface area contributed by atoms with E-state index in [-0.39, 0.29) is 0 Å². The number of hydrogen-bond acceptors (Lipinski definition) is 2. The minimum atomic E-state index is 0.559. The quantitative estimate of drug-likeness (QED) is 0.755. The minimum Gasteiger partial charge on any atom is -0.311 e. The highest BCUT2D eigenvalue weighted by Crippen LogP contribution is 2.20. The van der Waals surface area contributed by atoms with Crippen molar-refractivity contribution in [2.24, 2.45) is 5.92 Å². The molecule has 0 aliphatic rings. The van der Waals surface area contributed by atoms with Gasteiger partial charge in [0.05, 0.1) is 0 Å². The molecule has 2 heteroatoms. The topological polar surface area (TPSA) is 12.0 Å². The predicted molar refractivity (Wildman–Crippen MR) is 74.1 cm³/mol. The monoisotopic (exact) mass is 237 g/mol. The van der Waals surface area contributed by atoms with Gasteiger partial charge in [0.2, 0.25) is 0 Å². The number of nitrogens with one attached hydrogen (secondary N) is 1. The average Bonchev–Trinajstić information content (AvgIpc) is 2.25. The highest BCUT2D eigenvalue weighted by molar-refractivity contribution is 7.99. The molecule has 0 heterocycles. The average molecular weight is 237 g/mol. The fraction of sp³-hybridized carbons (Fsp3) is 0.571. The molecule has 1 rings (SSSR count). The first-order valence-electron chi connectivity index (χ1n) is 6.03. The lowest BCUT2D eigenvalue weighted by Gasteiger charge is -2.24. The van der Waals surface area contributed by atoms with Gasteiger partial charge in [0.1, 0.15) is 0 Å². The summed E-state index contributed by atoms with van der Waals surface area (Å²) in [7, 11) is 0. The van der Waals surface area contributed by atoms with Crippen LogP contribution in [-0.2, 0) is 0 Å². The van der Waals surface area contributed by atoms with Crippen LogP contribution in [-0.4, -0.2) is 17.8 Å². The van der Waals surface area contributed by atoms with Crippen LogP contribution in [0.3, 0.4) is 0 Å². The molecule has 0 fully saturated rings. The molecule has 0 saturated carbocycles. The molecule has 0 saturated heterocycles. The van der Waals surface area contributed by atoms with Crippen LogP contribution in [0, 0.1) is 5.92 Å². The summed E-state index contributed by atoms with van der Waals surface area (Å²) < 4.78 is 0. The van der Waals surface area contributed by atoms with Crippen molar-refractivity contribution in [2.75, 3.05) is 5.75 Å². The SMILES string of the molecule is CC(C)N[C@@H](CSc1ccccc1)C(C)C. The zero-order chi connectivity index (χ0) is 12.0. The van der Waals surface area contributed by atoms with Crippen molar-refractivity contribution in [1.82, 2.24) is 5.32 Å². The lowest BCUT2D eigenvalue weighted by Crippen LogP contribution is -2.40. The van der Waals surface area contributed by atoms with Crippen molar-refractivity contribution in [2.45, 2.75) is 44.7 Å². The Hall–Kier alpha value is -0.470. The van der Waals surface area contributed by atoms with Gasteiger partial charge in [0.15, 0.2) is 0 Å². The highest BCUT2D eigenvalue weighted by Gasteiger charge is 2.14. The number of hydrogen-bond donors (Lipinski definition) is 1. The molecule has 1 nitrogen and oxygen atoms in total. The Morgan fingerprint density at radius 2 is 1.69 bits per heavy atom. The van der Waals surface area contributed by atoms with E-state index in [0.29, 0.717) is 18.0 Å². The first-order valence-corrected chi connectivity index (χ1v) is 7.02. The maximum Gasteiger partial charge on any atom is 0.0187 e. The van der Waals surface area contributed by atoms with Crippen LogP contribution >= 0.6 is 11.8 Å². The van der Waals surface area contributed by atoms with Gasteiger partial charge in [0, 0.05) is 22.7 Å². The van der Waals surface area contributed by atoms with Gasteiger partial charge in [-0.15, -0.1) is 11.8 Å². The molecular formula is C14H23NS. The van der Waals surface area contributed by atoms with Crippen molar-refractivity contribution >= 4 is 11.8 Å². The lowest BCUT2D eigenvalue weighted by molar-refractivity contribution is 0.401. The van der Waals surface area contributed by atoms with Crippen molar-refractivity contribution in [3.8, 4) is 0 Å². The van der Waals surface area contributed by atoms with Gasteiger partial charge in [0.25, 0.3) is 0 Å². The molecule has 0 aromatic heterocycles. The summed E-state index contributed by atoms with van der Waals surface area (Å²) in [4.78, 5) is 1.36. The van der Waals surface area contributed by atoms with Crippen molar-refractivity contribution in [3.63, 3.8) is 0 Å². The van der Waals surface area contributed by atoms with Crippen LogP contribution in [0.2, 0.25) is 0 Å². The summed E-state index contributed by atoms with van der Waals surface area (Å²) in [5, 5.41) is 3.63. The van der Waals surface area contributed by atoms with E-state index in [2.05, 4.69) is 63.3 Å². The van der Waals surface area contributed by atoms with E-state index in [0.717, 1.165) is 5.75 Å². The van der Waals surface area contributed by atoms with E-state index in [1.165, 1.54) is 4.90 Å². The Labute approximate surface area is 104 Å². The predicted octanol–water partition coefficient (Wildman–Crippen LogP) is 3.80. The number of rotatable bonds is 6. The molecule has 1 aromatic carbocycles. The zero-order valence-electron chi connectivity index (χ0n) is 10.7. The Morgan fingerprint density at radius 3 is 2.19 bits per heavy atom. The summed E-state index contributed by atoms with van der Waals surface area (Å²) in [5.74, 6) is 1.82. The summed E-state index contributed by atoms with van der Waals surface area (Å²) >= 11 is 1.94. The second-order valence-electron chi connectivity index (χ2n) is 4.80. The van der Waals surface area contributed by atoms with E-state index in [4.69, 9.17) is 0 Å². The summed E-state index contributed by atoms with van der Waals surface area (Å²) in [6, 6.07) is 11.8. The van der Waals surface area contributed by atoms with Crippen LogP contribution in [0.5, 0.6) is 0 Å². The van der Waals surface area contributed by atoms with E-state index in [9.17, 15) is 0 Å². The number of benzene rings is 1. The molecule has 0 spiro atoms. The van der Waals surface area contributed by atoms with Crippen molar-refractivity contribution in [3.05, 3.63) is 30.3 Å². The molecule has 0 unspecified atom stereocenters. The molecule has 90 valence electrons. The van der Waals surface area contributed by atoms with Gasteiger partial charge < -0.3 is 5.32 Å². The normalized spacial score (nSPS) is 13.4.